The predicted octanol–water partition coefficient (Wildman–Crippen LogP) is 0.821. The van der Waals surface area contributed by atoms with Crippen LogP contribution in [0.4, 0.5) is 0 Å². The molecule has 1 saturated heterocycles. The number of aryl methyl sites for hydroxylation is 1. The van der Waals surface area contributed by atoms with E-state index in [4.69, 9.17) is 9.52 Å². The monoisotopic (exact) mass is 266 g/mol. The fourth-order valence-corrected chi connectivity index (χ4v) is 2.23. The number of carboxylic acids is 1. The molecule has 2 rings (SSSR count). The number of amides is 1. The molecule has 6 heteroatoms. The Morgan fingerprint density at radius 2 is 2.05 bits per heavy atom. The van der Waals surface area contributed by atoms with E-state index in [0.717, 1.165) is 6.42 Å². The van der Waals surface area contributed by atoms with Crippen LogP contribution in [-0.2, 0) is 4.79 Å². The summed E-state index contributed by atoms with van der Waals surface area (Å²) in [5.74, 6) is 0.113. The van der Waals surface area contributed by atoms with Gasteiger partial charge in [0.15, 0.2) is 5.76 Å². The van der Waals surface area contributed by atoms with Crippen LogP contribution in [-0.4, -0.2) is 59.5 Å². The maximum atomic E-state index is 12.2. The SMILES string of the molecule is Cc1ccc(C(=O)N2CCCN(CC(=O)O)CC2)o1. The van der Waals surface area contributed by atoms with Crippen molar-refractivity contribution in [1.29, 1.82) is 0 Å². The van der Waals surface area contributed by atoms with Crippen molar-refractivity contribution in [3.8, 4) is 0 Å². The predicted molar refractivity (Wildman–Crippen MR) is 68.0 cm³/mol. The van der Waals surface area contributed by atoms with E-state index in [1.807, 2.05) is 4.90 Å². The third kappa shape index (κ3) is 3.57. The smallest absolute Gasteiger partial charge is 0.317 e. The summed E-state index contributed by atoms with van der Waals surface area (Å²) in [5, 5.41) is 8.78. The minimum atomic E-state index is -0.832. The molecule has 1 aromatic rings. The molecule has 104 valence electrons. The van der Waals surface area contributed by atoms with Crippen molar-refractivity contribution in [2.24, 2.45) is 0 Å². The van der Waals surface area contributed by atoms with E-state index >= 15 is 0 Å². The number of furan rings is 1. The van der Waals surface area contributed by atoms with Gasteiger partial charge in [-0.2, -0.15) is 0 Å². The molecule has 1 aliphatic rings. The third-order valence-corrected chi connectivity index (χ3v) is 3.19. The largest absolute Gasteiger partial charge is 0.480 e. The Morgan fingerprint density at radius 3 is 2.68 bits per heavy atom. The Bertz CT molecular complexity index is 469. The van der Waals surface area contributed by atoms with E-state index < -0.39 is 5.97 Å². The van der Waals surface area contributed by atoms with E-state index in [2.05, 4.69) is 0 Å². The topological polar surface area (TPSA) is 74.0 Å². The van der Waals surface area contributed by atoms with Crippen molar-refractivity contribution in [2.75, 3.05) is 32.7 Å². The van der Waals surface area contributed by atoms with Crippen molar-refractivity contribution < 1.29 is 19.1 Å². The first-order valence-electron chi connectivity index (χ1n) is 6.36. The molecule has 0 bridgehead atoms. The highest BCUT2D eigenvalue weighted by atomic mass is 16.4. The highest BCUT2D eigenvalue weighted by Crippen LogP contribution is 2.12. The van der Waals surface area contributed by atoms with Crippen molar-refractivity contribution in [3.63, 3.8) is 0 Å². The molecule has 6 nitrogen and oxygen atoms in total. The quantitative estimate of drug-likeness (QED) is 0.876. The Hall–Kier alpha value is -1.82. The lowest BCUT2D eigenvalue weighted by Gasteiger charge is -2.20. The van der Waals surface area contributed by atoms with Gasteiger partial charge in [0.1, 0.15) is 5.76 Å². The summed E-state index contributed by atoms with van der Waals surface area (Å²) < 4.78 is 5.33. The van der Waals surface area contributed by atoms with Gasteiger partial charge in [-0.25, -0.2) is 0 Å². The third-order valence-electron chi connectivity index (χ3n) is 3.19. The highest BCUT2D eigenvalue weighted by Gasteiger charge is 2.22. The molecule has 0 unspecified atom stereocenters. The summed E-state index contributed by atoms with van der Waals surface area (Å²) in [6.07, 6.45) is 0.776. The standard InChI is InChI=1S/C13H18N2O4/c1-10-3-4-11(19-10)13(18)15-6-2-5-14(7-8-15)9-12(16)17/h3-4H,2,5-9H2,1H3,(H,16,17). The van der Waals surface area contributed by atoms with Gasteiger partial charge in [-0.3, -0.25) is 14.5 Å². The Morgan fingerprint density at radius 1 is 1.26 bits per heavy atom. The number of rotatable bonds is 3. The number of carboxylic acid groups (broad SMARTS) is 1. The number of aliphatic carboxylic acids is 1. The van der Waals surface area contributed by atoms with Crippen LogP contribution >= 0.6 is 0 Å². The van der Waals surface area contributed by atoms with Gasteiger partial charge in [0.25, 0.3) is 5.91 Å². The van der Waals surface area contributed by atoms with Gasteiger partial charge in [-0.1, -0.05) is 0 Å². The second kappa shape index (κ2) is 5.88. The average Bonchev–Trinajstić information content (AvgIpc) is 2.65. The minimum Gasteiger partial charge on any atom is -0.480 e. The average molecular weight is 266 g/mol. The molecular formula is C13H18N2O4. The van der Waals surface area contributed by atoms with E-state index in [-0.39, 0.29) is 12.5 Å². The van der Waals surface area contributed by atoms with Gasteiger partial charge < -0.3 is 14.4 Å². The lowest BCUT2D eigenvalue weighted by molar-refractivity contribution is -0.138. The van der Waals surface area contributed by atoms with Crippen LogP contribution in [0.5, 0.6) is 0 Å². The van der Waals surface area contributed by atoms with Gasteiger partial charge >= 0.3 is 5.97 Å². The van der Waals surface area contributed by atoms with E-state index in [0.29, 0.717) is 37.7 Å². The van der Waals surface area contributed by atoms with Crippen LogP contribution in [0.15, 0.2) is 16.5 Å². The maximum Gasteiger partial charge on any atom is 0.317 e. The number of hydrogen-bond donors (Lipinski definition) is 1. The molecule has 0 aliphatic carbocycles. The molecule has 0 atom stereocenters. The molecule has 0 saturated carbocycles. The van der Waals surface area contributed by atoms with Crippen molar-refractivity contribution in [2.45, 2.75) is 13.3 Å². The minimum absolute atomic E-state index is 0.0297. The lowest BCUT2D eigenvalue weighted by Crippen LogP contribution is -2.36. The molecule has 0 radical (unpaired) electrons. The summed E-state index contributed by atoms with van der Waals surface area (Å²) in [4.78, 5) is 26.4. The number of nitrogens with zero attached hydrogens (tertiary/aromatic N) is 2. The number of hydrogen-bond acceptors (Lipinski definition) is 4. The van der Waals surface area contributed by atoms with Crippen LogP contribution < -0.4 is 0 Å². The van der Waals surface area contributed by atoms with Crippen molar-refractivity contribution >= 4 is 11.9 Å². The fourth-order valence-electron chi connectivity index (χ4n) is 2.23. The number of carbonyl (C=O) groups excluding carboxylic acids is 1. The van der Waals surface area contributed by atoms with Crippen LogP contribution in [0.3, 0.4) is 0 Å². The van der Waals surface area contributed by atoms with Gasteiger partial charge in [0, 0.05) is 26.2 Å². The lowest BCUT2D eigenvalue weighted by atomic mass is 10.3. The first-order valence-corrected chi connectivity index (χ1v) is 6.36. The molecule has 19 heavy (non-hydrogen) atoms. The molecule has 1 amide bonds. The summed E-state index contributed by atoms with van der Waals surface area (Å²) in [6, 6.07) is 3.44. The molecular weight excluding hydrogens is 248 g/mol. The molecule has 0 spiro atoms. The summed E-state index contributed by atoms with van der Waals surface area (Å²) in [7, 11) is 0. The first kappa shape index (κ1) is 13.6. The summed E-state index contributed by atoms with van der Waals surface area (Å²) in [6.45, 7) is 4.28. The molecule has 1 N–H and O–H groups in total. The van der Waals surface area contributed by atoms with Gasteiger partial charge in [0.05, 0.1) is 6.54 Å². The summed E-state index contributed by atoms with van der Waals surface area (Å²) >= 11 is 0. The van der Waals surface area contributed by atoms with E-state index in [1.54, 1.807) is 24.0 Å². The normalized spacial score (nSPS) is 17.2. The highest BCUT2D eigenvalue weighted by molar-refractivity contribution is 5.91. The fraction of sp³-hybridized carbons (Fsp3) is 0.538. The van der Waals surface area contributed by atoms with Crippen LogP contribution in [0, 0.1) is 6.92 Å². The van der Waals surface area contributed by atoms with Gasteiger partial charge in [0.2, 0.25) is 0 Å². The van der Waals surface area contributed by atoms with E-state index in [1.165, 1.54) is 0 Å². The first-order chi connectivity index (χ1) is 9.06. The zero-order valence-corrected chi connectivity index (χ0v) is 11.0. The van der Waals surface area contributed by atoms with Crippen LogP contribution in [0.25, 0.3) is 0 Å². The zero-order chi connectivity index (χ0) is 13.8. The Labute approximate surface area is 111 Å². The summed E-state index contributed by atoms with van der Waals surface area (Å²) in [5.41, 5.74) is 0. The van der Waals surface area contributed by atoms with Crippen LogP contribution in [0.1, 0.15) is 22.7 Å². The zero-order valence-electron chi connectivity index (χ0n) is 11.0. The second-order valence-electron chi connectivity index (χ2n) is 4.73. The van der Waals surface area contributed by atoms with Gasteiger partial charge in [-0.05, 0) is 25.5 Å². The van der Waals surface area contributed by atoms with E-state index in [9.17, 15) is 9.59 Å². The van der Waals surface area contributed by atoms with Crippen molar-refractivity contribution in [1.82, 2.24) is 9.80 Å². The molecule has 2 heterocycles. The van der Waals surface area contributed by atoms with Crippen LogP contribution in [0.2, 0.25) is 0 Å². The molecule has 0 aromatic carbocycles. The molecule has 1 aromatic heterocycles. The Balaban J connectivity index is 1.95. The Kier molecular flexibility index (Phi) is 4.21. The maximum absolute atomic E-state index is 12.2. The number of carbonyl (C=O) groups is 2. The van der Waals surface area contributed by atoms with Crippen molar-refractivity contribution in [3.05, 3.63) is 23.7 Å². The molecule has 1 aliphatic heterocycles. The van der Waals surface area contributed by atoms with Gasteiger partial charge in [-0.15, -0.1) is 0 Å². The molecule has 1 fully saturated rings. The second-order valence-corrected chi connectivity index (χ2v) is 4.73.